The molecule has 0 spiro atoms. The van der Waals surface area contributed by atoms with E-state index in [-0.39, 0.29) is 11.9 Å². The van der Waals surface area contributed by atoms with Gasteiger partial charge in [0.05, 0.1) is 0 Å². The molecule has 2 aliphatic heterocycles. The summed E-state index contributed by atoms with van der Waals surface area (Å²) in [4.78, 5) is 17.2. The minimum Gasteiger partial charge on any atom is -0.347 e. The summed E-state index contributed by atoms with van der Waals surface area (Å²) in [5.41, 5.74) is 0.614. The van der Waals surface area contributed by atoms with Crippen LogP contribution in [-0.4, -0.2) is 46.0 Å². The zero-order valence-corrected chi connectivity index (χ0v) is 15.9. The van der Waals surface area contributed by atoms with Gasteiger partial charge in [0.15, 0.2) is 0 Å². The molecule has 3 heterocycles. The molecule has 1 unspecified atom stereocenters. The highest BCUT2D eigenvalue weighted by molar-refractivity contribution is 6.29. The maximum atomic E-state index is 13.3. The van der Waals surface area contributed by atoms with Gasteiger partial charge in [-0.3, -0.25) is 4.79 Å². The van der Waals surface area contributed by atoms with Gasteiger partial charge >= 0.3 is 0 Å². The van der Waals surface area contributed by atoms with Gasteiger partial charge in [0, 0.05) is 32.4 Å². The van der Waals surface area contributed by atoms with Crippen LogP contribution in [0.3, 0.4) is 0 Å². The van der Waals surface area contributed by atoms with E-state index in [0.29, 0.717) is 36.3 Å². The first-order valence-electron chi connectivity index (χ1n) is 9.23. The summed E-state index contributed by atoms with van der Waals surface area (Å²) in [7, 11) is 0. The van der Waals surface area contributed by atoms with Gasteiger partial charge in [0.2, 0.25) is 5.91 Å². The first-order valence-corrected chi connectivity index (χ1v) is 9.61. The lowest BCUT2D eigenvalue weighted by molar-refractivity contribution is -0.137. The zero-order chi connectivity index (χ0) is 18.5. The number of carbonyl (C=O) groups is 1. The lowest BCUT2D eigenvalue weighted by Crippen LogP contribution is -2.50. The van der Waals surface area contributed by atoms with Crippen molar-refractivity contribution in [1.82, 2.24) is 14.4 Å². The van der Waals surface area contributed by atoms with E-state index in [4.69, 9.17) is 11.6 Å². The number of aryl methyl sites for hydroxylation is 1. The smallest absolute Gasteiger partial charge is 0.245 e. The van der Waals surface area contributed by atoms with Crippen molar-refractivity contribution >= 4 is 17.5 Å². The Kier molecular flexibility index (Phi) is 6.05. The second-order valence-corrected chi connectivity index (χ2v) is 7.47. The number of halogens is 1. The third-order valence-electron chi connectivity index (χ3n) is 5.29. The normalized spacial score (nSPS) is 19.2. The monoisotopic (exact) mass is 372 g/mol. The molecule has 1 amide bonds. The number of hydrogen-bond donors (Lipinski definition) is 0. The van der Waals surface area contributed by atoms with Crippen molar-refractivity contribution in [3.63, 3.8) is 0 Å². The molecule has 138 valence electrons. The molecule has 1 saturated heterocycles. The van der Waals surface area contributed by atoms with Gasteiger partial charge in [-0.25, -0.2) is 0 Å². The SMILES string of the molecule is CC1CCN(C(=O)C(CCn2cccc2C#N)N2CC=CC=C2Cl)CC1. The highest BCUT2D eigenvalue weighted by atomic mass is 35.5. The molecule has 1 aromatic rings. The lowest BCUT2D eigenvalue weighted by Gasteiger charge is -2.38. The molecule has 0 aromatic carbocycles. The summed E-state index contributed by atoms with van der Waals surface area (Å²) >= 11 is 6.41. The molecule has 0 saturated carbocycles. The molecule has 0 N–H and O–H groups in total. The average Bonchev–Trinajstić information content (AvgIpc) is 3.11. The fourth-order valence-corrected chi connectivity index (χ4v) is 3.86. The van der Waals surface area contributed by atoms with Crippen LogP contribution in [0.5, 0.6) is 0 Å². The van der Waals surface area contributed by atoms with Crippen molar-refractivity contribution in [3.8, 4) is 6.07 Å². The Hall–Kier alpha value is -2.19. The molecule has 1 fully saturated rings. The van der Waals surface area contributed by atoms with Crippen molar-refractivity contribution in [2.24, 2.45) is 5.92 Å². The highest BCUT2D eigenvalue weighted by Gasteiger charge is 2.32. The summed E-state index contributed by atoms with van der Waals surface area (Å²) in [6.07, 6.45) is 10.4. The molecule has 1 atom stereocenters. The summed E-state index contributed by atoms with van der Waals surface area (Å²) < 4.78 is 1.90. The van der Waals surface area contributed by atoms with Crippen LogP contribution >= 0.6 is 11.6 Å². The average molecular weight is 373 g/mol. The molecule has 5 nitrogen and oxygen atoms in total. The van der Waals surface area contributed by atoms with Gasteiger partial charge in [0.25, 0.3) is 0 Å². The Labute approximate surface area is 160 Å². The van der Waals surface area contributed by atoms with Crippen molar-refractivity contribution in [2.75, 3.05) is 19.6 Å². The van der Waals surface area contributed by atoms with Crippen LogP contribution in [-0.2, 0) is 11.3 Å². The van der Waals surface area contributed by atoms with E-state index in [9.17, 15) is 10.1 Å². The molecule has 0 aliphatic carbocycles. The molecule has 3 rings (SSSR count). The van der Waals surface area contributed by atoms with Gasteiger partial charge < -0.3 is 14.4 Å². The fourth-order valence-electron chi connectivity index (χ4n) is 3.61. The van der Waals surface area contributed by atoms with Crippen molar-refractivity contribution in [1.29, 1.82) is 5.26 Å². The Morgan fingerprint density at radius 2 is 2.19 bits per heavy atom. The maximum absolute atomic E-state index is 13.3. The van der Waals surface area contributed by atoms with Crippen LogP contribution in [0, 0.1) is 17.2 Å². The predicted molar refractivity (Wildman–Crippen MR) is 102 cm³/mol. The lowest BCUT2D eigenvalue weighted by atomic mass is 9.98. The number of amides is 1. The molecular formula is C20H25ClN4O. The molecule has 26 heavy (non-hydrogen) atoms. The molecule has 0 radical (unpaired) electrons. The molecule has 2 aliphatic rings. The van der Waals surface area contributed by atoms with E-state index in [0.717, 1.165) is 25.9 Å². The summed E-state index contributed by atoms with van der Waals surface area (Å²) in [5, 5.41) is 9.81. The van der Waals surface area contributed by atoms with Crippen LogP contribution in [0.2, 0.25) is 0 Å². The predicted octanol–water partition coefficient (Wildman–Crippen LogP) is 3.33. The molecule has 6 heteroatoms. The summed E-state index contributed by atoms with van der Waals surface area (Å²) in [6, 6.07) is 5.53. The number of likely N-dealkylation sites (tertiary alicyclic amines) is 1. The topological polar surface area (TPSA) is 52.3 Å². The van der Waals surface area contributed by atoms with Crippen LogP contribution < -0.4 is 0 Å². The zero-order valence-electron chi connectivity index (χ0n) is 15.1. The number of piperidine rings is 1. The van der Waals surface area contributed by atoms with E-state index in [1.54, 1.807) is 6.07 Å². The van der Waals surface area contributed by atoms with Crippen LogP contribution in [0.1, 0.15) is 31.9 Å². The fraction of sp³-hybridized carbons (Fsp3) is 0.500. The number of nitrogens with zero attached hydrogens (tertiary/aromatic N) is 4. The minimum absolute atomic E-state index is 0.143. The van der Waals surface area contributed by atoms with Crippen LogP contribution in [0.15, 0.2) is 41.7 Å². The highest BCUT2D eigenvalue weighted by Crippen LogP contribution is 2.24. The largest absolute Gasteiger partial charge is 0.347 e. The van der Waals surface area contributed by atoms with E-state index in [2.05, 4.69) is 13.0 Å². The second-order valence-electron chi connectivity index (χ2n) is 7.08. The molecular weight excluding hydrogens is 348 g/mol. The number of carbonyl (C=O) groups excluding carboxylic acids is 1. The molecule has 1 aromatic heterocycles. The van der Waals surface area contributed by atoms with Gasteiger partial charge in [-0.15, -0.1) is 0 Å². The second kappa shape index (κ2) is 8.46. The standard InChI is InChI=1S/C20H25ClN4O/c1-16-7-12-24(13-8-16)20(26)18(25-11-3-2-6-19(25)21)9-14-23-10-4-5-17(23)15-22/h2-6,10,16,18H,7-9,11-14H2,1H3. The van der Waals surface area contributed by atoms with Gasteiger partial charge in [-0.1, -0.05) is 30.7 Å². The Morgan fingerprint density at radius 3 is 2.88 bits per heavy atom. The van der Waals surface area contributed by atoms with Crippen LogP contribution in [0.4, 0.5) is 0 Å². The molecule has 0 bridgehead atoms. The van der Waals surface area contributed by atoms with Gasteiger partial charge in [-0.05, 0) is 43.4 Å². The summed E-state index contributed by atoms with van der Waals surface area (Å²) in [6.45, 7) is 5.11. The first kappa shape index (κ1) is 18.6. The number of aromatic nitrogens is 1. The van der Waals surface area contributed by atoms with Crippen LogP contribution in [0.25, 0.3) is 0 Å². The van der Waals surface area contributed by atoms with Crippen molar-refractivity contribution in [3.05, 3.63) is 47.4 Å². The first-order chi connectivity index (χ1) is 12.6. The minimum atomic E-state index is -0.314. The van der Waals surface area contributed by atoms with Gasteiger partial charge in [0.1, 0.15) is 23.0 Å². The number of nitriles is 1. The third kappa shape index (κ3) is 4.13. The third-order valence-corrected chi connectivity index (χ3v) is 5.63. The number of allylic oxidation sites excluding steroid dienone is 2. The number of hydrogen-bond acceptors (Lipinski definition) is 3. The van der Waals surface area contributed by atoms with Crippen molar-refractivity contribution in [2.45, 2.75) is 38.8 Å². The van der Waals surface area contributed by atoms with E-state index in [1.165, 1.54) is 0 Å². The maximum Gasteiger partial charge on any atom is 0.245 e. The summed E-state index contributed by atoms with van der Waals surface area (Å²) in [5.74, 6) is 0.821. The Bertz CT molecular complexity index is 737. The van der Waals surface area contributed by atoms with E-state index < -0.39 is 0 Å². The number of rotatable bonds is 5. The van der Waals surface area contributed by atoms with Crippen molar-refractivity contribution < 1.29 is 4.79 Å². The quantitative estimate of drug-likeness (QED) is 0.745. The van der Waals surface area contributed by atoms with E-state index in [1.807, 2.05) is 44.9 Å². The van der Waals surface area contributed by atoms with E-state index >= 15 is 0 Å². The van der Waals surface area contributed by atoms with Gasteiger partial charge in [-0.2, -0.15) is 5.26 Å². The Morgan fingerprint density at radius 1 is 1.42 bits per heavy atom. The Balaban J connectivity index is 1.75.